The van der Waals surface area contributed by atoms with Crippen molar-refractivity contribution in [3.05, 3.63) is 15.9 Å². The van der Waals surface area contributed by atoms with Gasteiger partial charge >= 0.3 is 0 Å². The molecule has 0 N–H and O–H groups in total. The molecule has 52 valence electrons. The fourth-order valence-electron chi connectivity index (χ4n) is 0.528. The molecule has 0 aliphatic rings. The standard InChI is InChI=1S/C6H5BrN2S/c1-9(4-8)6-2-5(7)3-10-6/h2-3H,1H3. The molecule has 10 heavy (non-hydrogen) atoms. The lowest BCUT2D eigenvalue weighted by Gasteiger charge is -2.01. The first-order valence-electron chi connectivity index (χ1n) is 2.61. The van der Waals surface area contributed by atoms with Gasteiger partial charge in [-0.1, -0.05) is 0 Å². The van der Waals surface area contributed by atoms with Gasteiger partial charge in [-0.2, -0.15) is 5.26 Å². The van der Waals surface area contributed by atoms with Crippen LogP contribution in [0, 0.1) is 11.5 Å². The van der Waals surface area contributed by atoms with Crippen LogP contribution in [0.5, 0.6) is 0 Å². The minimum atomic E-state index is 0.953. The van der Waals surface area contributed by atoms with Crippen molar-refractivity contribution in [2.75, 3.05) is 11.9 Å². The first kappa shape index (κ1) is 7.58. The fourth-order valence-corrected chi connectivity index (χ4v) is 1.87. The van der Waals surface area contributed by atoms with Gasteiger partial charge in [-0.3, -0.25) is 4.90 Å². The summed E-state index contributed by atoms with van der Waals surface area (Å²) in [6, 6.07) is 1.91. The highest BCUT2D eigenvalue weighted by molar-refractivity contribution is 9.10. The number of hydrogen-bond donors (Lipinski definition) is 0. The highest BCUT2D eigenvalue weighted by Crippen LogP contribution is 2.26. The molecular formula is C6H5BrN2S. The monoisotopic (exact) mass is 216 g/mol. The van der Waals surface area contributed by atoms with Gasteiger partial charge in [-0.15, -0.1) is 11.3 Å². The molecule has 1 aromatic heterocycles. The summed E-state index contributed by atoms with van der Waals surface area (Å²) in [5, 5.41) is 11.4. The van der Waals surface area contributed by atoms with Crippen LogP contribution >= 0.6 is 27.3 Å². The molecule has 2 nitrogen and oxygen atoms in total. The summed E-state index contributed by atoms with van der Waals surface area (Å²) in [5.74, 6) is 0. The molecular weight excluding hydrogens is 212 g/mol. The molecule has 0 spiro atoms. The number of hydrogen-bond acceptors (Lipinski definition) is 3. The second kappa shape index (κ2) is 3.04. The molecule has 0 radical (unpaired) electrons. The Kier molecular flexibility index (Phi) is 2.30. The number of halogens is 1. The molecule has 1 rings (SSSR count). The number of nitriles is 1. The Balaban J connectivity index is 2.87. The summed E-state index contributed by atoms with van der Waals surface area (Å²) in [5.41, 5.74) is 0. The van der Waals surface area contributed by atoms with Gasteiger partial charge in [0.2, 0.25) is 0 Å². The molecule has 0 saturated carbocycles. The molecule has 1 aromatic rings. The molecule has 0 aliphatic carbocycles. The number of nitrogens with zero attached hydrogens (tertiary/aromatic N) is 2. The molecule has 0 bridgehead atoms. The summed E-state index contributed by atoms with van der Waals surface area (Å²) in [4.78, 5) is 1.52. The Hall–Kier alpha value is -0.530. The van der Waals surface area contributed by atoms with Crippen LogP contribution in [0.15, 0.2) is 15.9 Å². The zero-order valence-electron chi connectivity index (χ0n) is 5.34. The van der Waals surface area contributed by atoms with E-state index >= 15 is 0 Å². The summed E-state index contributed by atoms with van der Waals surface area (Å²) in [6.07, 6.45) is 2.02. The van der Waals surface area contributed by atoms with E-state index in [1.165, 1.54) is 16.2 Å². The molecule has 4 heteroatoms. The van der Waals surface area contributed by atoms with Gasteiger partial charge in [0.05, 0.1) is 0 Å². The van der Waals surface area contributed by atoms with Crippen molar-refractivity contribution in [1.29, 1.82) is 5.26 Å². The Morgan fingerprint density at radius 1 is 1.80 bits per heavy atom. The zero-order valence-corrected chi connectivity index (χ0v) is 7.74. The quantitative estimate of drug-likeness (QED) is 0.533. The lowest BCUT2D eigenvalue weighted by molar-refractivity contribution is 1.23. The summed E-state index contributed by atoms with van der Waals surface area (Å²) < 4.78 is 1.02. The highest BCUT2D eigenvalue weighted by atomic mass is 79.9. The van der Waals surface area contributed by atoms with Gasteiger partial charge in [0.25, 0.3) is 0 Å². The van der Waals surface area contributed by atoms with Gasteiger partial charge < -0.3 is 0 Å². The summed E-state index contributed by atoms with van der Waals surface area (Å²) >= 11 is 4.84. The fraction of sp³-hybridized carbons (Fsp3) is 0.167. The molecule has 0 saturated heterocycles. The number of thiophene rings is 1. The van der Waals surface area contributed by atoms with Crippen LogP contribution in [0.2, 0.25) is 0 Å². The van der Waals surface area contributed by atoms with Gasteiger partial charge in [-0.05, 0) is 22.0 Å². The van der Waals surface area contributed by atoms with Gasteiger partial charge in [0.1, 0.15) is 5.00 Å². The van der Waals surface area contributed by atoms with Crippen molar-refractivity contribution in [1.82, 2.24) is 0 Å². The Bertz CT molecular complexity index is 263. The maximum absolute atomic E-state index is 8.46. The van der Waals surface area contributed by atoms with E-state index < -0.39 is 0 Å². The second-order valence-electron chi connectivity index (χ2n) is 1.76. The average molecular weight is 217 g/mol. The van der Waals surface area contributed by atoms with Crippen LogP contribution in [0.3, 0.4) is 0 Å². The van der Waals surface area contributed by atoms with Crippen LogP contribution in [0.1, 0.15) is 0 Å². The molecule has 1 heterocycles. The average Bonchev–Trinajstić information content (AvgIpc) is 2.34. The van der Waals surface area contributed by atoms with Gasteiger partial charge in [0.15, 0.2) is 6.19 Å². The van der Waals surface area contributed by atoms with Crippen molar-refractivity contribution in [3.8, 4) is 6.19 Å². The van der Waals surface area contributed by atoms with E-state index in [-0.39, 0.29) is 0 Å². The Labute approximate surface area is 71.8 Å². The van der Waals surface area contributed by atoms with E-state index in [1.54, 1.807) is 7.05 Å². The Morgan fingerprint density at radius 3 is 2.90 bits per heavy atom. The van der Waals surface area contributed by atoms with E-state index in [0.717, 1.165) is 9.47 Å². The van der Waals surface area contributed by atoms with E-state index in [0.29, 0.717) is 0 Å². The first-order chi connectivity index (χ1) is 4.74. The molecule has 0 amide bonds. The number of anilines is 1. The maximum atomic E-state index is 8.46. The van der Waals surface area contributed by atoms with Crippen LogP contribution in [0.25, 0.3) is 0 Å². The molecule has 0 aromatic carbocycles. The van der Waals surface area contributed by atoms with Crippen molar-refractivity contribution in [3.63, 3.8) is 0 Å². The maximum Gasteiger partial charge on any atom is 0.184 e. The van der Waals surface area contributed by atoms with Crippen LogP contribution in [-0.4, -0.2) is 7.05 Å². The second-order valence-corrected chi connectivity index (χ2v) is 3.57. The van der Waals surface area contributed by atoms with Crippen molar-refractivity contribution in [2.45, 2.75) is 0 Å². The predicted molar refractivity (Wildman–Crippen MR) is 46.0 cm³/mol. The minimum absolute atomic E-state index is 0.953. The largest absolute Gasteiger partial charge is 0.273 e. The topological polar surface area (TPSA) is 27.0 Å². The van der Waals surface area contributed by atoms with Gasteiger partial charge in [0, 0.05) is 16.9 Å². The van der Waals surface area contributed by atoms with Crippen LogP contribution in [-0.2, 0) is 0 Å². The van der Waals surface area contributed by atoms with Crippen LogP contribution < -0.4 is 4.90 Å². The first-order valence-corrected chi connectivity index (χ1v) is 4.29. The van der Waals surface area contributed by atoms with E-state index in [2.05, 4.69) is 15.9 Å². The van der Waals surface area contributed by atoms with Gasteiger partial charge in [-0.25, -0.2) is 0 Å². The lowest BCUT2D eigenvalue weighted by Crippen LogP contribution is -2.05. The SMILES string of the molecule is CN(C#N)c1cc(Br)cs1. The Morgan fingerprint density at radius 2 is 2.50 bits per heavy atom. The van der Waals surface area contributed by atoms with Crippen molar-refractivity contribution >= 4 is 32.3 Å². The third kappa shape index (κ3) is 1.49. The minimum Gasteiger partial charge on any atom is -0.273 e. The van der Waals surface area contributed by atoms with Crippen molar-refractivity contribution < 1.29 is 0 Å². The van der Waals surface area contributed by atoms with E-state index in [1.807, 2.05) is 17.6 Å². The molecule has 0 fully saturated rings. The smallest absolute Gasteiger partial charge is 0.184 e. The molecule has 0 aliphatic heterocycles. The van der Waals surface area contributed by atoms with E-state index in [9.17, 15) is 0 Å². The summed E-state index contributed by atoms with van der Waals surface area (Å²) in [6.45, 7) is 0. The normalized spacial score (nSPS) is 8.90. The van der Waals surface area contributed by atoms with Crippen LogP contribution in [0.4, 0.5) is 5.00 Å². The molecule has 0 atom stereocenters. The van der Waals surface area contributed by atoms with E-state index in [4.69, 9.17) is 5.26 Å². The molecule has 0 unspecified atom stereocenters. The van der Waals surface area contributed by atoms with Crippen molar-refractivity contribution in [2.24, 2.45) is 0 Å². The third-order valence-electron chi connectivity index (χ3n) is 1.03. The number of rotatable bonds is 1. The highest BCUT2D eigenvalue weighted by Gasteiger charge is 2.00. The third-order valence-corrected chi connectivity index (χ3v) is 2.80. The lowest BCUT2D eigenvalue weighted by atomic mass is 10.6. The summed E-state index contributed by atoms with van der Waals surface area (Å²) in [7, 11) is 1.73. The zero-order chi connectivity index (χ0) is 7.56. The predicted octanol–water partition coefficient (Wildman–Crippen LogP) is 2.43.